The molecule has 0 saturated heterocycles. The highest BCUT2D eigenvalue weighted by Gasteiger charge is 2.22. The van der Waals surface area contributed by atoms with E-state index in [0.717, 1.165) is 0 Å². The SMILES string of the molecule is CCOc1cccc(OCC)c1C(=O)OC(=O)Cl. The van der Waals surface area contributed by atoms with Crippen LogP contribution in [0.5, 0.6) is 11.5 Å². The van der Waals surface area contributed by atoms with Crippen LogP contribution in [0.1, 0.15) is 24.2 Å². The van der Waals surface area contributed by atoms with Gasteiger partial charge in [0.1, 0.15) is 17.1 Å². The van der Waals surface area contributed by atoms with E-state index >= 15 is 0 Å². The van der Waals surface area contributed by atoms with Crippen molar-refractivity contribution in [1.82, 2.24) is 0 Å². The number of hydrogen-bond donors (Lipinski definition) is 0. The molecule has 1 aromatic carbocycles. The van der Waals surface area contributed by atoms with Gasteiger partial charge in [-0.1, -0.05) is 6.07 Å². The molecule has 0 saturated carbocycles. The quantitative estimate of drug-likeness (QED) is 0.468. The Hall–Kier alpha value is -1.75. The summed E-state index contributed by atoms with van der Waals surface area (Å²) in [6, 6.07) is 4.85. The molecule has 98 valence electrons. The topological polar surface area (TPSA) is 61.8 Å². The van der Waals surface area contributed by atoms with E-state index in [0.29, 0.717) is 13.2 Å². The first kappa shape index (κ1) is 14.3. The second-order valence-corrected chi connectivity index (χ2v) is 3.43. The number of ether oxygens (including phenoxy) is 3. The number of esters is 1. The van der Waals surface area contributed by atoms with Gasteiger partial charge in [-0.2, -0.15) is 0 Å². The number of rotatable bonds is 5. The molecule has 0 aliphatic rings. The molecule has 0 spiro atoms. The molecule has 0 atom stereocenters. The van der Waals surface area contributed by atoms with E-state index in [2.05, 4.69) is 4.74 Å². The van der Waals surface area contributed by atoms with E-state index in [1.165, 1.54) is 0 Å². The van der Waals surface area contributed by atoms with Crippen molar-refractivity contribution >= 4 is 23.0 Å². The van der Waals surface area contributed by atoms with Crippen molar-refractivity contribution in [3.05, 3.63) is 23.8 Å². The first-order valence-electron chi connectivity index (χ1n) is 5.40. The van der Waals surface area contributed by atoms with Crippen LogP contribution < -0.4 is 9.47 Å². The van der Waals surface area contributed by atoms with E-state index in [1.807, 2.05) is 0 Å². The summed E-state index contributed by atoms with van der Waals surface area (Å²) in [4.78, 5) is 22.4. The lowest BCUT2D eigenvalue weighted by atomic mass is 10.2. The summed E-state index contributed by atoms with van der Waals surface area (Å²) in [5.41, 5.74) is -1.15. The first-order valence-corrected chi connectivity index (χ1v) is 5.78. The van der Waals surface area contributed by atoms with Crippen molar-refractivity contribution in [3.8, 4) is 11.5 Å². The first-order chi connectivity index (χ1) is 8.60. The lowest BCUT2D eigenvalue weighted by molar-refractivity contribution is 0.0653. The van der Waals surface area contributed by atoms with Gasteiger partial charge < -0.3 is 14.2 Å². The number of hydrogen-bond acceptors (Lipinski definition) is 5. The van der Waals surface area contributed by atoms with Crippen LogP contribution in [0, 0.1) is 0 Å². The summed E-state index contributed by atoms with van der Waals surface area (Å²) in [5.74, 6) is -0.333. The summed E-state index contributed by atoms with van der Waals surface area (Å²) in [6.45, 7) is 4.28. The summed E-state index contributed by atoms with van der Waals surface area (Å²) in [6.07, 6.45) is 0. The van der Waals surface area contributed by atoms with Crippen LogP contribution in [-0.2, 0) is 4.74 Å². The predicted molar refractivity (Wildman–Crippen MR) is 65.4 cm³/mol. The Morgan fingerprint density at radius 2 is 1.61 bits per heavy atom. The monoisotopic (exact) mass is 272 g/mol. The Balaban J connectivity index is 3.16. The molecule has 1 aromatic rings. The van der Waals surface area contributed by atoms with Crippen molar-refractivity contribution in [2.75, 3.05) is 13.2 Å². The summed E-state index contributed by atoms with van der Waals surface area (Å²) < 4.78 is 14.9. The summed E-state index contributed by atoms with van der Waals surface area (Å²) in [7, 11) is 0. The van der Waals surface area contributed by atoms with Crippen LogP contribution >= 0.6 is 11.6 Å². The van der Waals surface area contributed by atoms with Gasteiger partial charge in [0.2, 0.25) is 0 Å². The van der Waals surface area contributed by atoms with Crippen molar-refractivity contribution in [2.45, 2.75) is 13.8 Å². The number of carbonyl (C=O) groups is 2. The molecule has 0 radical (unpaired) electrons. The predicted octanol–water partition coefficient (Wildman–Crippen LogP) is 3.00. The summed E-state index contributed by atoms with van der Waals surface area (Å²) in [5, 5.41) is 0. The van der Waals surface area contributed by atoms with Crippen molar-refractivity contribution in [3.63, 3.8) is 0 Å². The van der Waals surface area contributed by atoms with E-state index < -0.39 is 11.4 Å². The Labute approximate surface area is 110 Å². The average Bonchev–Trinajstić information content (AvgIpc) is 2.29. The molecule has 1 rings (SSSR count). The molecule has 6 heteroatoms. The fourth-order valence-electron chi connectivity index (χ4n) is 1.39. The van der Waals surface area contributed by atoms with Gasteiger partial charge in [0.25, 0.3) is 0 Å². The van der Waals surface area contributed by atoms with Gasteiger partial charge in [-0.05, 0) is 26.0 Å². The largest absolute Gasteiger partial charge is 0.493 e. The van der Waals surface area contributed by atoms with Gasteiger partial charge >= 0.3 is 11.4 Å². The van der Waals surface area contributed by atoms with Crippen molar-refractivity contribution in [1.29, 1.82) is 0 Å². The minimum absolute atomic E-state index is 0.0511. The highest BCUT2D eigenvalue weighted by Crippen LogP contribution is 2.29. The maximum atomic E-state index is 11.8. The van der Waals surface area contributed by atoms with E-state index in [-0.39, 0.29) is 17.1 Å². The molecular weight excluding hydrogens is 260 g/mol. The smallest absolute Gasteiger partial charge is 0.411 e. The Bertz CT molecular complexity index is 420. The number of benzene rings is 1. The van der Waals surface area contributed by atoms with Gasteiger partial charge in [0.15, 0.2) is 0 Å². The molecule has 0 N–H and O–H groups in total. The molecule has 0 bridgehead atoms. The minimum atomic E-state index is -1.20. The fraction of sp³-hybridized carbons (Fsp3) is 0.333. The molecule has 0 amide bonds. The van der Waals surface area contributed by atoms with Crippen LogP contribution in [0.4, 0.5) is 4.79 Å². The second kappa shape index (κ2) is 6.86. The maximum Gasteiger partial charge on any atom is 0.411 e. The number of halogens is 1. The highest BCUT2D eigenvalue weighted by molar-refractivity contribution is 6.62. The average molecular weight is 273 g/mol. The van der Waals surface area contributed by atoms with Crippen molar-refractivity contribution < 1.29 is 23.8 Å². The van der Waals surface area contributed by atoms with Crippen LogP contribution in [0.15, 0.2) is 18.2 Å². The van der Waals surface area contributed by atoms with E-state index in [4.69, 9.17) is 21.1 Å². The van der Waals surface area contributed by atoms with E-state index in [9.17, 15) is 9.59 Å². The third-order valence-corrected chi connectivity index (χ3v) is 2.04. The van der Waals surface area contributed by atoms with Gasteiger partial charge in [0, 0.05) is 11.6 Å². The van der Waals surface area contributed by atoms with Gasteiger partial charge in [-0.3, -0.25) is 0 Å². The second-order valence-electron chi connectivity index (χ2n) is 3.12. The zero-order valence-corrected chi connectivity index (χ0v) is 10.8. The molecule has 0 aliphatic heterocycles. The molecule has 0 unspecified atom stereocenters. The zero-order chi connectivity index (χ0) is 13.5. The Kier molecular flexibility index (Phi) is 5.45. The molecular formula is C12H13ClO5. The molecule has 0 aliphatic carbocycles. The van der Waals surface area contributed by atoms with Crippen LogP contribution in [0.2, 0.25) is 0 Å². The summed E-state index contributed by atoms with van der Waals surface area (Å²) >= 11 is 5.02. The maximum absolute atomic E-state index is 11.8. The third-order valence-electron chi connectivity index (χ3n) is 1.96. The highest BCUT2D eigenvalue weighted by atomic mass is 35.5. The lowest BCUT2D eigenvalue weighted by Crippen LogP contribution is -2.11. The normalized spacial score (nSPS) is 9.72. The number of carbonyl (C=O) groups excluding carboxylic acids is 2. The minimum Gasteiger partial charge on any atom is -0.493 e. The van der Waals surface area contributed by atoms with Gasteiger partial charge in [-0.15, -0.1) is 0 Å². The van der Waals surface area contributed by atoms with Crippen LogP contribution in [0.3, 0.4) is 0 Å². The Morgan fingerprint density at radius 3 is 2.00 bits per heavy atom. The zero-order valence-electron chi connectivity index (χ0n) is 10.1. The Morgan fingerprint density at radius 1 is 1.11 bits per heavy atom. The third kappa shape index (κ3) is 3.63. The molecule has 0 aromatic heterocycles. The molecule has 0 heterocycles. The van der Waals surface area contributed by atoms with Crippen LogP contribution in [-0.4, -0.2) is 24.6 Å². The van der Waals surface area contributed by atoms with Crippen molar-refractivity contribution in [2.24, 2.45) is 0 Å². The fourth-order valence-corrected chi connectivity index (χ4v) is 1.46. The molecule has 0 fully saturated rings. The van der Waals surface area contributed by atoms with E-state index in [1.54, 1.807) is 32.0 Å². The molecule has 18 heavy (non-hydrogen) atoms. The van der Waals surface area contributed by atoms with Gasteiger partial charge in [0.05, 0.1) is 13.2 Å². The molecule has 5 nitrogen and oxygen atoms in total. The van der Waals surface area contributed by atoms with Crippen LogP contribution in [0.25, 0.3) is 0 Å². The van der Waals surface area contributed by atoms with Gasteiger partial charge in [-0.25, -0.2) is 9.59 Å². The standard InChI is InChI=1S/C12H13ClO5/c1-3-16-8-6-5-7-9(17-4-2)10(8)11(14)18-12(13)15/h5-7H,3-4H2,1-2H3. The lowest BCUT2D eigenvalue weighted by Gasteiger charge is -2.13.